The van der Waals surface area contributed by atoms with Crippen molar-refractivity contribution in [1.29, 1.82) is 0 Å². The lowest BCUT2D eigenvalue weighted by atomic mass is 9.42. The van der Waals surface area contributed by atoms with Crippen LogP contribution in [-0.4, -0.2) is 32.3 Å². The summed E-state index contributed by atoms with van der Waals surface area (Å²) in [6.07, 6.45) is 11.3. The summed E-state index contributed by atoms with van der Waals surface area (Å²) in [5, 5.41) is 0. The Hall–Kier alpha value is -6.80. The summed E-state index contributed by atoms with van der Waals surface area (Å²) >= 11 is 0. The van der Waals surface area contributed by atoms with Crippen LogP contribution in [0, 0.1) is 12.3 Å². The lowest BCUT2D eigenvalue weighted by Gasteiger charge is -2.68. The average molecular weight is 785 g/mol. The fraction of sp³-hybridized carbons (Fsp3) is 0.231. The number of para-hydroxylation sites is 3. The molecule has 7 aromatic rings. The van der Waals surface area contributed by atoms with E-state index in [9.17, 15) is 0 Å². The van der Waals surface area contributed by atoms with Crippen molar-refractivity contribution in [2.45, 2.75) is 71.1 Å². The van der Waals surface area contributed by atoms with Crippen molar-refractivity contribution in [3.63, 3.8) is 0 Å². The van der Waals surface area contributed by atoms with Gasteiger partial charge in [-0.2, -0.15) is 0 Å². The SMILES string of the molecule is CCC12C=C(C3N(c4ccccc4)c4nccnc4N3c3cc(-c4ccccc4C(C)C)ccc3C)C1(CC)C1N(c3ccccc3)c3nccnc3N1c1ccccc12. The zero-order valence-corrected chi connectivity index (χ0v) is 34.7. The predicted molar refractivity (Wildman–Crippen MR) is 243 cm³/mol. The number of rotatable bonds is 8. The van der Waals surface area contributed by atoms with Crippen molar-refractivity contribution in [3.05, 3.63) is 181 Å². The van der Waals surface area contributed by atoms with Gasteiger partial charge >= 0.3 is 0 Å². The van der Waals surface area contributed by atoms with E-state index in [4.69, 9.17) is 19.9 Å². The molecule has 0 amide bonds. The van der Waals surface area contributed by atoms with Crippen molar-refractivity contribution in [3.8, 4) is 11.1 Å². The molecule has 4 unspecified atom stereocenters. The van der Waals surface area contributed by atoms with E-state index < -0.39 is 5.41 Å². The molecule has 8 heteroatoms. The fourth-order valence-electron chi connectivity index (χ4n) is 11.3. The van der Waals surface area contributed by atoms with E-state index in [0.717, 1.165) is 53.2 Å². The second kappa shape index (κ2) is 13.6. The molecule has 0 radical (unpaired) electrons. The van der Waals surface area contributed by atoms with Gasteiger partial charge in [-0.3, -0.25) is 9.80 Å². The van der Waals surface area contributed by atoms with Crippen LogP contribution < -0.4 is 19.6 Å². The first kappa shape index (κ1) is 36.3. The molecule has 11 rings (SSSR count). The highest BCUT2D eigenvalue weighted by molar-refractivity contribution is 5.92. The molecule has 4 atom stereocenters. The molecule has 0 fully saturated rings. The number of fused-ring (bicyclic) bond motifs is 9. The number of allylic oxidation sites excluding steroid dienone is 1. The van der Waals surface area contributed by atoms with Crippen LogP contribution in [0.4, 0.5) is 46.0 Å². The van der Waals surface area contributed by atoms with Gasteiger partial charge in [-0.1, -0.05) is 125 Å². The summed E-state index contributed by atoms with van der Waals surface area (Å²) < 4.78 is 0. The van der Waals surface area contributed by atoms with Gasteiger partial charge < -0.3 is 9.80 Å². The summed E-state index contributed by atoms with van der Waals surface area (Å²) in [7, 11) is 0. The highest BCUT2D eigenvalue weighted by Gasteiger charge is 2.72. The minimum absolute atomic E-state index is 0.174. The smallest absolute Gasteiger partial charge is 0.178 e. The van der Waals surface area contributed by atoms with Gasteiger partial charge in [0.25, 0.3) is 0 Å². The molecule has 2 aromatic heterocycles. The van der Waals surface area contributed by atoms with Gasteiger partial charge in [0.2, 0.25) is 0 Å². The van der Waals surface area contributed by atoms with Gasteiger partial charge in [0, 0.05) is 58.4 Å². The highest BCUT2D eigenvalue weighted by Crippen LogP contribution is 2.73. The molecule has 0 bridgehead atoms. The van der Waals surface area contributed by atoms with E-state index in [1.165, 1.54) is 39.1 Å². The lowest BCUT2D eigenvalue weighted by molar-refractivity contribution is 0.0934. The van der Waals surface area contributed by atoms with Gasteiger partial charge in [0.15, 0.2) is 23.3 Å². The molecule has 3 aliphatic heterocycles. The monoisotopic (exact) mass is 784 g/mol. The topological polar surface area (TPSA) is 64.5 Å². The summed E-state index contributed by atoms with van der Waals surface area (Å²) in [6.45, 7) is 11.5. The van der Waals surface area contributed by atoms with E-state index in [0.29, 0.717) is 5.92 Å². The normalized spacial score (nSPS) is 22.1. The molecule has 1 aliphatic carbocycles. The summed E-state index contributed by atoms with van der Waals surface area (Å²) in [6, 6.07) is 46.3. The zero-order valence-electron chi connectivity index (χ0n) is 34.7. The largest absolute Gasteiger partial charge is 0.301 e. The number of anilines is 8. The number of hydrogen-bond donors (Lipinski definition) is 0. The summed E-state index contributed by atoms with van der Waals surface area (Å²) in [4.78, 5) is 30.5. The van der Waals surface area contributed by atoms with Crippen LogP contribution in [0.15, 0.2) is 164 Å². The molecule has 0 N–H and O–H groups in total. The molecule has 5 aromatic carbocycles. The van der Waals surface area contributed by atoms with Crippen LogP contribution in [0.2, 0.25) is 0 Å². The number of aryl methyl sites for hydroxylation is 1. The summed E-state index contributed by atoms with van der Waals surface area (Å²) in [5.41, 5.74) is 11.3. The first-order chi connectivity index (χ1) is 29.4. The number of benzene rings is 5. The molecule has 0 saturated heterocycles. The Bertz CT molecular complexity index is 2800. The van der Waals surface area contributed by atoms with Gasteiger partial charge in [-0.05, 0) is 95.5 Å². The fourth-order valence-corrected chi connectivity index (χ4v) is 11.3. The van der Waals surface area contributed by atoms with Crippen LogP contribution in [0.25, 0.3) is 11.1 Å². The third kappa shape index (κ3) is 4.79. The quantitative estimate of drug-likeness (QED) is 0.141. The van der Waals surface area contributed by atoms with Crippen molar-refractivity contribution >= 4 is 46.0 Å². The van der Waals surface area contributed by atoms with Crippen LogP contribution in [-0.2, 0) is 5.41 Å². The van der Waals surface area contributed by atoms with Gasteiger partial charge in [0.05, 0.1) is 0 Å². The third-order valence-corrected chi connectivity index (χ3v) is 13.8. The predicted octanol–water partition coefficient (Wildman–Crippen LogP) is 12.3. The zero-order chi connectivity index (χ0) is 40.8. The maximum Gasteiger partial charge on any atom is 0.178 e. The van der Waals surface area contributed by atoms with Crippen molar-refractivity contribution in [1.82, 2.24) is 19.9 Å². The Morgan fingerprint density at radius 1 is 0.567 bits per heavy atom. The second-order valence-corrected chi connectivity index (χ2v) is 16.8. The van der Waals surface area contributed by atoms with E-state index >= 15 is 0 Å². The molecule has 0 saturated carbocycles. The van der Waals surface area contributed by atoms with Gasteiger partial charge in [-0.25, -0.2) is 19.9 Å². The molecule has 60 heavy (non-hydrogen) atoms. The van der Waals surface area contributed by atoms with E-state index in [-0.39, 0.29) is 17.7 Å². The molecule has 4 aliphatic rings. The van der Waals surface area contributed by atoms with Crippen LogP contribution >= 0.6 is 0 Å². The summed E-state index contributed by atoms with van der Waals surface area (Å²) in [5.74, 6) is 3.81. The van der Waals surface area contributed by atoms with Crippen LogP contribution in [0.1, 0.15) is 63.1 Å². The standard InChI is InChI=1S/C52H48N8/c1-6-51-33-42(52(51,7-2)50-58(38-20-12-9-13-21-38)46-48(56-31-29-54-46)60(50)43-25-17-16-24-41(43)51)49-57(37-18-10-8-11-19-37)45-47(55-30-28-53-45)59(49)44-32-36(27-26-35(44)5)40-23-15-14-22-39(40)34(3)4/h8-34,49-50H,6-7H2,1-5H3. The van der Waals surface area contributed by atoms with E-state index in [1.54, 1.807) is 0 Å². The Balaban J connectivity index is 1.21. The first-order valence-corrected chi connectivity index (χ1v) is 21.3. The van der Waals surface area contributed by atoms with Crippen molar-refractivity contribution in [2.24, 2.45) is 5.41 Å². The second-order valence-electron chi connectivity index (χ2n) is 16.8. The molecule has 0 spiro atoms. The van der Waals surface area contributed by atoms with E-state index in [2.05, 4.69) is 188 Å². The minimum atomic E-state index is -0.442. The molecule has 296 valence electrons. The van der Waals surface area contributed by atoms with E-state index in [1.807, 2.05) is 24.8 Å². The highest BCUT2D eigenvalue weighted by atomic mass is 15.5. The van der Waals surface area contributed by atoms with Crippen LogP contribution in [0.3, 0.4) is 0 Å². The number of nitrogens with zero attached hydrogens (tertiary/aromatic N) is 8. The maximum atomic E-state index is 5.21. The Labute approximate surface area is 352 Å². The van der Waals surface area contributed by atoms with Crippen molar-refractivity contribution < 1.29 is 0 Å². The minimum Gasteiger partial charge on any atom is -0.301 e. The van der Waals surface area contributed by atoms with Gasteiger partial charge in [-0.15, -0.1) is 0 Å². The molecular weight excluding hydrogens is 737 g/mol. The number of hydrogen-bond acceptors (Lipinski definition) is 8. The van der Waals surface area contributed by atoms with Crippen LogP contribution in [0.5, 0.6) is 0 Å². The molecule has 5 heterocycles. The maximum absolute atomic E-state index is 5.21. The molecular formula is C52H48N8. The third-order valence-electron chi connectivity index (χ3n) is 13.8. The van der Waals surface area contributed by atoms with Gasteiger partial charge in [0.1, 0.15) is 12.3 Å². The molecule has 8 nitrogen and oxygen atoms in total. The number of aromatic nitrogens is 4. The average Bonchev–Trinajstić information content (AvgIpc) is 3.81. The van der Waals surface area contributed by atoms with Crippen molar-refractivity contribution in [2.75, 3.05) is 19.6 Å². The Morgan fingerprint density at radius 2 is 1.13 bits per heavy atom. The Morgan fingerprint density at radius 3 is 1.78 bits per heavy atom. The first-order valence-electron chi connectivity index (χ1n) is 21.3. The lowest BCUT2D eigenvalue weighted by Crippen LogP contribution is -2.71. The Kier molecular flexibility index (Phi) is 8.24.